The maximum atomic E-state index is 11.8. The highest BCUT2D eigenvalue weighted by Gasteiger charge is 2.25. The third-order valence-corrected chi connectivity index (χ3v) is 4.42. The number of ether oxygens (including phenoxy) is 1. The highest BCUT2D eigenvalue weighted by Crippen LogP contribution is 2.06. The Balaban J connectivity index is 2.47. The maximum Gasteiger partial charge on any atom is 0.216 e. The van der Waals surface area contributed by atoms with E-state index in [-0.39, 0.29) is 12.6 Å². The fourth-order valence-electron chi connectivity index (χ4n) is 1.63. The lowest BCUT2D eigenvalue weighted by Gasteiger charge is -2.25. The first-order valence-electron chi connectivity index (χ1n) is 5.27. The summed E-state index contributed by atoms with van der Waals surface area (Å²) in [4.78, 5) is 0. The van der Waals surface area contributed by atoms with Crippen molar-refractivity contribution in [2.24, 2.45) is 0 Å². The number of hydrogen-bond donors (Lipinski definition) is 2. The van der Waals surface area contributed by atoms with Crippen LogP contribution in [0.3, 0.4) is 0 Å². The average Bonchev–Trinajstić information content (AvgIpc) is 2.19. The van der Waals surface area contributed by atoms with Crippen LogP contribution in [0, 0.1) is 0 Å². The van der Waals surface area contributed by atoms with Crippen LogP contribution in [0.4, 0.5) is 0 Å². The van der Waals surface area contributed by atoms with E-state index >= 15 is 0 Å². The lowest BCUT2D eigenvalue weighted by atomic mass is 10.1. The molecule has 0 amide bonds. The molecule has 0 aromatic heterocycles. The van der Waals surface area contributed by atoms with Crippen LogP contribution in [0.5, 0.6) is 0 Å². The predicted octanol–water partition coefficient (Wildman–Crippen LogP) is -0.307. The zero-order valence-electron chi connectivity index (χ0n) is 9.32. The van der Waals surface area contributed by atoms with Crippen LogP contribution in [0.25, 0.3) is 0 Å². The lowest BCUT2D eigenvalue weighted by molar-refractivity contribution is 0.200. The minimum Gasteiger partial charge on any atom is -0.383 e. The molecule has 0 spiro atoms. The van der Waals surface area contributed by atoms with Crippen molar-refractivity contribution in [1.82, 2.24) is 10.0 Å². The third-order valence-electron chi connectivity index (χ3n) is 2.56. The van der Waals surface area contributed by atoms with Crippen LogP contribution in [0.15, 0.2) is 0 Å². The molecule has 0 bridgehead atoms. The molecule has 1 fully saturated rings. The van der Waals surface area contributed by atoms with Crippen molar-refractivity contribution in [3.8, 4) is 0 Å². The zero-order chi connectivity index (χ0) is 11.3. The highest BCUT2D eigenvalue weighted by atomic mass is 32.2. The normalized spacial score (nSPS) is 25.1. The average molecular weight is 236 g/mol. The molecule has 0 aromatic rings. The summed E-state index contributed by atoms with van der Waals surface area (Å²) in [5, 5.41) is 2.67. The van der Waals surface area contributed by atoms with Crippen molar-refractivity contribution < 1.29 is 13.2 Å². The summed E-state index contributed by atoms with van der Waals surface area (Å²) in [7, 11) is -1.73. The van der Waals surface area contributed by atoms with Crippen LogP contribution in [-0.2, 0) is 14.8 Å². The van der Waals surface area contributed by atoms with Gasteiger partial charge in [-0.05, 0) is 26.3 Å². The summed E-state index contributed by atoms with van der Waals surface area (Å²) < 4.78 is 31.1. The summed E-state index contributed by atoms with van der Waals surface area (Å²) in [5.41, 5.74) is 0. The number of piperidine rings is 1. The minimum atomic E-state index is -3.24. The molecular weight excluding hydrogens is 216 g/mol. The van der Waals surface area contributed by atoms with Gasteiger partial charge in [0.25, 0.3) is 0 Å². The quantitative estimate of drug-likeness (QED) is 0.687. The summed E-state index contributed by atoms with van der Waals surface area (Å²) in [6, 6.07) is 0.0306. The first-order valence-corrected chi connectivity index (χ1v) is 6.81. The molecule has 1 saturated heterocycles. The Labute approximate surface area is 91.6 Å². The van der Waals surface area contributed by atoms with Crippen LogP contribution < -0.4 is 10.0 Å². The second-order valence-electron chi connectivity index (χ2n) is 3.97. The van der Waals surface area contributed by atoms with E-state index in [1.54, 1.807) is 6.92 Å². The van der Waals surface area contributed by atoms with Crippen LogP contribution in [0.1, 0.15) is 19.8 Å². The number of nitrogens with one attached hydrogen (secondary N) is 2. The van der Waals surface area contributed by atoms with Gasteiger partial charge in [0.15, 0.2) is 0 Å². The van der Waals surface area contributed by atoms with E-state index in [4.69, 9.17) is 4.74 Å². The molecule has 1 aliphatic heterocycles. The Hall–Kier alpha value is -0.170. The Morgan fingerprint density at radius 3 is 2.87 bits per heavy atom. The van der Waals surface area contributed by atoms with Gasteiger partial charge in [-0.15, -0.1) is 0 Å². The molecule has 2 atom stereocenters. The lowest BCUT2D eigenvalue weighted by Crippen LogP contribution is -2.48. The van der Waals surface area contributed by atoms with Crippen molar-refractivity contribution in [2.45, 2.75) is 31.1 Å². The third kappa shape index (κ3) is 4.06. The molecule has 0 radical (unpaired) electrons. The summed E-state index contributed by atoms with van der Waals surface area (Å²) >= 11 is 0. The molecular formula is C9H20N2O3S. The number of hydrogen-bond acceptors (Lipinski definition) is 4. The van der Waals surface area contributed by atoms with Gasteiger partial charge in [0, 0.05) is 19.7 Å². The van der Waals surface area contributed by atoms with Crippen molar-refractivity contribution in [1.29, 1.82) is 0 Å². The minimum absolute atomic E-state index is 0.0306. The van der Waals surface area contributed by atoms with Gasteiger partial charge >= 0.3 is 0 Å². The van der Waals surface area contributed by atoms with Gasteiger partial charge in [0.2, 0.25) is 10.0 Å². The molecule has 1 rings (SSSR count). The number of rotatable bonds is 5. The van der Waals surface area contributed by atoms with E-state index in [9.17, 15) is 8.42 Å². The van der Waals surface area contributed by atoms with E-state index in [0.29, 0.717) is 0 Å². The summed E-state index contributed by atoms with van der Waals surface area (Å²) in [6.45, 7) is 3.59. The standard InChI is InChI=1S/C9H20N2O3S/c1-8(7-14-2)15(12,13)11-9-4-3-5-10-6-9/h8-11H,3-7H2,1-2H3/t8-,9-/m0/s1. The SMILES string of the molecule is COC[C@H](C)S(=O)(=O)N[C@H]1CCCNC1. The Morgan fingerprint density at radius 1 is 1.60 bits per heavy atom. The van der Waals surface area contributed by atoms with E-state index < -0.39 is 15.3 Å². The topological polar surface area (TPSA) is 67.4 Å². The molecule has 0 aliphatic carbocycles. The fraction of sp³-hybridized carbons (Fsp3) is 1.00. The van der Waals surface area contributed by atoms with Gasteiger partial charge in [0.05, 0.1) is 11.9 Å². The molecule has 6 heteroatoms. The first kappa shape index (κ1) is 12.9. The van der Waals surface area contributed by atoms with E-state index in [1.165, 1.54) is 7.11 Å². The molecule has 90 valence electrons. The first-order chi connectivity index (χ1) is 7.06. The van der Waals surface area contributed by atoms with Gasteiger partial charge in [-0.25, -0.2) is 13.1 Å². The second-order valence-corrected chi connectivity index (χ2v) is 6.10. The van der Waals surface area contributed by atoms with Gasteiger partial charge in [-0.3, -0.25) is 0 Å². The molecule has 0 unspecified atom stereocenters. The molecule has 1 aliphatic rings. The van der Waals surface area contributed by atoms with Crippen LogP contribution in [0.2, 0.25) is 0 Å². The monoisotopic (exact) mass is 236 g/mol. The molecule has 0 saturated carbocycles. The second kappa shape index (κ2) is 5.79. The van der Waals surface area contributed by atoms with Gasteiger partial charge < -0.3 is 10.1 Å². The fourth-order valence-corrected chi connectivity index (χ4v) is 2.84. The van der Waals surface area contributed by atoms with Crippen molar-refractivity contribution >= 4 is 10.0 Å². The van der Waals surface area contributed by atoms with Gasteiger partial charge in [-0.1, -0.05) is 0 Å². The molecule has 1 heterocycles. The summed E-state index contributed by atoms with van der Waals surface area (Å²) in [5.74, 6) is 0. The Morgan fingerprint density at radius 2 is 2.33 bits per heavy atom. The van der Waals surface area contributed by atoms with E-state index in [2.05, 4.69) is 10.0 Å². The number of sulfonamides is 1. The highest BCUT2D eigenvalue weighted by molar-refractivity contribution is 7.90. The zero-order valence-corrected chi connectivity index (χ0v) is 10.1. The van der Waals surface area contributed by atoms with Crippen LogP contribution >= 0.6 is 0 Å². The molecule has 0 aromatic carbocycles. The predicted molar refractivity (Wildman–Crippen MR) is 59.3 cm³/mol. The molecule has 5 nitrogen and oxygen atoms in total. The Kier molecular flexibility index (Phi) is 4.98. The van der Waals surface area contributed by atoms with Gasteiger partial charge in [0.1, 0.15) is 0 Å². The largest absolute Gasteiger partial charge is 0.383 e. The van der Waals surface area contributed by atoms with Gasteiger partial charge in [-0.2, -0.15) is 0 Å². The smallest absolute Gasteiger partial charge is 0.216 e. The molecule has 2 N–H and O–H groups in total. The Bertz CT molecular complexity index is 273. The summed E-state index contributed by atoms with van der Waals surface area (Å²) in [6.07, 6.45) is 1.93. The van der Waals surface area contributed by atoms with Crippen molar-refractivity contribution in [3.05, 3.63) is 0 Å². The van der Waals surface area contributed by atoms with Crippen LogP contribution in [-0.4, -0.2) is 46.5 Å². The number of methoxy groups -OCH3 is 1. The van der Waals surface area contributed by atoms with E-state index in [1.807, 2.05) is 0 Å². The maximum absolute atomic E-state index is 11.8. The van der Waals surface area contributed by atoms with Crippen molar-refractivity contribution in [3.63, 3.8) is 0 Å². The van der Waals surface area contributed by atoms with E-state index in [0.717, 1.165) is 25.9 Å². The molecule has 15 heavy (non-hydrogen) atoms. The van der Waals surface area contributed by atoms with Crippen molar-refractivity contribution in [2.75, 3.05) is 26.8 Å².